The summed E-state index contributed by atoms with van der Waals surface area (Å²) in [5.74, 6) is 1.62. The topological polar surface area (TPSA) is 25.4 Å². The molecule has 0 bridgehead atoms. The lowest BCUT2D eigenvalue weighted by Gasteiger charge is -2.32. The Morgan fingerprint density at radius 3 is 2.81 bits per heavy atom. The Labute approximate surface area is 159 Å². The number of thiophene rings is 1. The van der Waals surface area contributed by atoms with E-state index in [0.717, 1.165) is 18.3 Å². The first-order valence-electron chi connectivity index (χ1n) is 9.49. The number of methoxy groups -OCH3 is 1. The van der Waals surface area contributed by atoms with Crippen LogP contribution in [0.1, 0.15) is 29.7 Å². The molecule has 1 fully saturated rings. The molecular weight excluding hydrogens is 340 g/mol. The maximum atomic E-state index is 5.38. The van der Waals surface area contributed by atoms with Crippen LogP contribution in [0.5, 0.6) is 5.88 Å². The van der Waals surface area contributed by atoms with Crippen LogP contribution in [0.3, 0.4) is 0 Å². The molecule has 136 valence electrons. The molecule has 0 N–H and O–H groups in total. The molecule has 1 aliphatic rings. The van der Waals surface area contributed by atoms with Crippen molar-refractivity contribution in [3.63, 3.8) is 0 Å². The van der Waals surface area contributed by atoms with Gasteiger partial charge in [0.05, 0.1) is 7.11 Å². The summed E-state index contributed by atoms with van der Waals surface area (Å²) >= 11 is 1.96. The molecule has 1 aliphatic heterocycles. The fourth-order valence-electron chi connectivity index (χ4n) is 3.91. The molecule has 1 aromatic carbocycles. The number of hydrogen-bond donors (Lipinski definition) is 0. The van der Waals surface area contributed by atoms with Gasteiger partial charge < -0.3 is 4.74 Å². The summed E-state index contributed by atoms with van der Waals surface area (Å²) < 4.78 is 6.80. The quantitative estimate of drug-likeness (QED) is 0.603. The van der Waals surface area contributed by atoms with Crippen LogP contribution in [-0.4, -0.2) is 30.1 Å². The van der Waals surface area contributed by atoms with E-state index in [1.807, 2.05) is 17.4 Å². The van der Waals surface area contributed by atoms with E-state index < -0.39 is 0 Å². The predicted octanol–water partition coefficient (Wildman–Crippen LogP) is 5.15. The second-order valence-electron chi connectivity index (χ2n) is 7.18. The zero-order chi connectivity index (χ0) is 17.8. The number of hydrogen-bond acceptors (Lipinski definition) is 4. The summed E-state index contributed by atoms with van der Waals surface area (Å²) in [5.41, 5.74) is 1.19. The number of pyridine rings is 1. The summed E-state index contributed by atoms with van der Waals surface area (Å²) in [4.78, 5) is 8.38. The van der Waals surface area contributed by atoms with Crippen molar-refractivity contribution in [2.45, 2.75) is 32.2 Å². The smallest absolute Gasteiger partial charge is 0.217 e. The van der Waals surface area contributed by atoms with Crippen molar-refractivity contribution >= 4 is 21.4 Å². The first-order chi connectivity index (χ1) is 12.8. The predicted molar refractivity (Wildman–Crippen MR) is 109 cm³/mol. The van der Waals surface area contributed by atoms with Crippen LogP contribution in [0.2, 0.25) is 0 Å². The number of benzene rings is 1. The van der Waals surface area contributed by atoms with Gasteiger partial charge in [0.15, 0.2) is 0 Å². The third-order valence-corrected chi connectivity index (χ3v) is 6.60. The highest BCUT2D eigenvalue weighted by molar-refractivity contribution is 7.19. The molecule has 0 atom stereocenters. The average molecular weight is 367 g/mol. The highest BCUT2D eigenvalue weighted by atomic mass is 32.1. The Balaban J connectivity index is 1.27. The van der Waals surface area contributed by atoms with E-state index in [1.165, 1.54) is 59.3 Å². The standard InChI is InChI=1S/C22H26N2OS/c1-25-22-19(6-4-12-23-22)16-24-13-10-17(11-14-24)8-9-20-15-18-5-2-3-7-21(18)26-20/h2-7,12,15,17H,8-11,13-14,16H2,1H3. The molecule has 0 amide bonds. The van der Waals surface area contributed by atoms with Crippen molar-refractivity contribution in [2.24, 2.45) is 5.92 Å². The maximum Gasteiger partial charge on any atom is 0.217 e. The number of fused-ring (bicyclic) bond motifs is 1. The van der Waals surface area contributed by atoms with Gasteiger partial charge in [-0.1, -0.05) is 24.3 Å². The van der Waals surface area contributed by atoms with Gasteiger partial charge in [0, 0.05) is 27.9 Å². The molecule has 3 heterocycles. The van der Waals surface area contributed by atoms with E-state index in [-0.39, 0.29) is 0 Å². The molecule has 0 spiro atoms. The van der Waals surface area contributed by atoms with Crippen LogP contribution in [0.25, 0.3) is 10.1 Å². The van der Waals surface area contributed by atoms with Gasteiger partial charge in [0.25, 0.3) is 0 Å². The Kier molecular flexibility index (Phi) is 5.51. The second-order valence-corrected chi connectivity index (χ2v) is 8.35. The van der Waals surface area contributed by atoms with Crippen molar-refractivity contribution < 1.29 is 4.74 Å². The van der Waals surface area contributed by atoms with Crippen LogP contribution >= 0.6 is 11.3 Å². The molecule has 4 heteroatoms. The number of ether oxygens (including phenoxy) is 1. The van der Waals surface area contributed by atoms with Gasteiger partial charge in [-0.05, 0) is 68.3 Å². The van der Waals surface area contributed by atoms with Crippen LogP contribution in [0.4, 0.5) is 0 Å². The molecule has 4 rings (SSSR count). The van der Waals surface area contributed by atoms with Crippen LogP contribution in [0.15, 0.2) is 48.7 Å². The van der Waals surface area contributed by atoms with Crippen molar-refractivity contribution in [1.82, 2.24) is 9.88 Å². The van der Waals surface area contributed by atoms with Gasteiger partial charge in [-0.15, -0.1) is 11.3 Å². The number of piperidine rings is 1. The molecule has 2 aromatic heterocycles. The summed E-state index contributed by atoms with van der Waals surface area (Å²) in [7, 11) is 1.70. The van der Waals surface area contributed by atoms with E-state index in [1.54, 1.807) is 13.3 Å². The molecule has 3 aromatic rings. The molecule has 0 aliphatic carbocycles. The Morgan fingerprint density at radius 2 is 2.00 bits per heavy atom. The Bertz CT molecular complexity index is 819. The molecule has 0 radical (unpaired) electrons. The number of rotatable bonds is 6. The molecule has 0 unspecified atom stereocenters. The monoisotopic (exact) mass is 366 g/mol. The minimum absolute atomic E-state index is 0.763. The van der Waals surface area contributed by atoms with Crippen LogP contribution in [0, 0.1) is 5.92 Å². The van der Waals surface area contributed by atoms with Gasteiger partial charge in [0.2, 0.25) is 5.88 Å². The van der Waals surface area contributed by atoms with Gasteiger partial charge >= 0.3 is 0 Å². The van der Waals surface area contributed by atoms with E-state index >= 15 is 0 Å². The minimum Gasteiger partial charge on any atom is -0.481 e. The van der Waals surface area contributed by atoms with Gasteiger partial charge in [-0.25, -0.2) is 4.98 Å². The van der Waals surface area contributed by atoms with E-state index in [9.17, 15) is 0 Å². The Morgan fingerprint density at radius 1 is 1.15 bits per heavy atom. The zero-order valence-corrected chi connectivity index (χ0v) is 16.2. The molecule has 3 nitrogen and oxygen atoms in total. The SMILES string of the molecule is COc1ncccc1CN1CCC(CCc2cc3ccccc3s2)CC1. The van der Waals surface area contributed by atoms with Crippen molar-refractivity contribution in [3.05, 3.63) is 59.1 Å². The number of aryl methyl sites for hydroxylation is 1. The number of aromatic nitrogens is 1. The lowest BCUT2D eigenvalue weighted by molar-refractivity contribution is 0.170. The van der Waals surface area contributed by atoms with E-state index in [4.69, 9.17) is 4.74 Å². The maximum absolute atomic E-state index is 5.38. The van der Waals surface area contributed by atoms with Crippen molar-refractivity contribution in [3.8, 4) is 5.88 Å². The van der Waals surface area contributed by atoms with Gasteiger partial charge in [-0.3, -0.25) is 4.90 Å². The normalized spacial score (nSPS) is 16.2. The minimum atomic E-state index is 0.763. The molecule has 26 heavy (non-hydrogen) atoms. The second kappa shape index (κ2) is 8.19. The average Bonchev–Trinajstić information content (AvgIpc) is 3.11. The number of likely N-dealkylation sites (tertiary alicyclic amines) is 1. The summed E-state index contributed by atoms with van der Waals surface area (Å²) in [6.45, 7) is 3.30. The van der Waals surface area contributed by atoms with Crippen LogP contribution in [-0.2, 0) is 13.0 Å². The summed E-state index contributed by atoms with van der Waals surface area (Å²) in [5, 5.41) is 1.40. The van der Waals surface area contributed by atoms with Gasteiger partial charge in [-0.2, -0.15) is 0 Å². The van der Waals surface area contributed by atoms with Gasteiger partial charge in [0.1, 0.15) is 0 Å². The molecule has 1 saturated heterocycles. The lowest BCUT2D eigenvalue weighted by atomic mass is 9.91. The molecule has 0 saturated carbocycles. The fraction of sp³-hybridized carbons (Fsp3) is 0.409. The third-order valence-electron chi connectivity index (χ3n) is 5.42. The van der Waals surface area contributed by atoms with Crippen LogP contribution < -0.4 is 4.74 Å². The van der Waals surface area contributed by atoms with E-state index in [2.05, 4.69) is 46.3 Å². The van der Waals surface area contributed by atoms with Crippen molar-refractivity contribution in [2.75, 3.05) is 20.2 Å². The summed E-state index contributed by atoms with van der Waals surface area (Å²) in [6, 6.07) is 15.2. The Hall–Kier alpha value is -1.91. The highest BCUT2D eigenvalue weighted by Gasteiger charge is 2.20. The van der Waals surface area contributed by atoms with E-state index in [0.29, 0.717) is 0 Å². The lowest BCUT2D eigenvalue weighted by Crippen LogP contribution is -2.33. The molecular formula is C22H26N2OS. The first kappa shape index (κ1) is 17.5. The summed E-state index contributed by atoms with van der Waals surface area (Å²) in [6.07, 6.45) is 6.93. The first-order valence-corrected chi connectivity index (χ1v) is 10.3. The fourth-order valence-corrected chi connectivity index (χ4v) is 4.99. The third kappa shape index (κ3) is 4.08. The van der Waals surface area contributed by atoms with Crippen molar-refractivity contribution in [1.29, 1.82) is 0 Å². The largest absolute Gasteiger partial charge is 0.481 e. The zero-order valence-electron chi connectivity index (χ0n) is 15.4. The number of nitrogens with zero attached hydrogens (tertiary/aromatic N) is 2. The highest BCUT2D eigenvalue weighted by Crippen LogP contribution is 2.29.